The van der Waals surface area contributed by atoms with Crippen LogP contribution in [0.3, 0.4) is 0 Å². The molecule has 0 spiro atoms. The molecule has 0 aliphatic heterocycles. The molecule has 4 rings (SSSR count). The molecule has 5 nitrogen and oxygen atoms in total. The normalized spacial score (nSPS) is 10.7. The number of carbonyl (C=O) groups excluding carboxylic acids is 1. The van der Waals surface area contributed by atoms with Gasteiger partial charge in [0, 0.05) is 27.6 Å². The number of nitrogens with one attached hydrogen (secondary N) is 1. The van der Waals surface area contributed by atoms with Crippen molar-refractivity contribution in [3.05, 3.63) is 81.8 Å². The number of para-hydroxylation sites is 1. The smallest absolute Gasteiger partial charge is 0.256 e. The van der Waals surface area contributed by atoms with Crippen molar-refractivity contribution in [3.63, 3.8) is 0 Å². The van der Waals surface area contributed by atoms with Gasteiger partial charge in [0.2, 0.25) is 0 Å². The third kappa shape index (κ3) is 4.36. The van der Waals surface area contributed by atoms with Crippen LogP contribution in [0.5, 0.6) is 11.5 Å². The van der Waals surface area contributed by atoms with Crippen molar-refractivity contribution in [2.45, 2.75) is 0 Å². The fraction of sp³-hybridized carbons (Fsp3) is 0.0833. The first-order valence-corrected chi connectivity index (χ1v) is 10.6. The quantitative estimate of drug-likeness (QED) is 0.338. The molecule has 156 valence electrons. The summed E-state index contributed by atoms with van der Waals surface area (Å²) >= 11 is 9.68. The highest BCUT2D eigenvalue weighted by atomic mass is 79.9. The third-order valence-electron chi connectivity index (χ3n) is 4.80. The van der Waals surface area contributed by atoms with Crippen molar-refractivity contribution >= 4 is 50.0 Å². The molecule has 1 N–H and O–H groups in total. The van der Waals surface area contributed by atoms with Gasteiger partial charge < -0.3 is 14.8 Å². The summed E-state index contributed by atoms with van der Waals surface area (Å²) in [7, 11) is 3.03. The number of rotatable bonds is 5. The molecular formula is C24H18BrClN2O3. The van der Waals surface area contributed by atoms with Gasteiger partial charge in [0.25, 0.3) is 5.91 Å². The number of nitrogens with zero attached hydrogens (tertiary/aromatic N) is 1. The molecule has 0 aliphatic carbocycles. The Hall–Kier alpha value is -3.09. The van der Waals surface area contributed by atoms with E-state index >= 15 is 0 Å². The van der Waals surface area contributed by atoms with Gasteiger partial charge in [-0.3, -0.25) is 4.79 Å². The van der Waals surface area contributed by atoms with Gasteiger partial charge in [0.15, 0.2) is 0 Å². The lowest BCUT2D eigenvalue weighted by molar-refractivity contribution is 0.102. The minimum Gasteiger partial charge on any atom is -0.495 e. The fourth-order valence-electron chi connectivity index (χ4n) is 3.31. The highest BCUT2D eigenvalue weighted by molar-refractivity contribution is 9.10. The molecule has 0 saturated carbocycles. The number of ether oxygens (including phenoxy) is 2. The number of pyridine rings is 1. The maximum Gasteiger partial charge on any atom is 0.256 e. The average Bonchev–Trinajstić information content (AvgIpc) is 2.79. The van der Waals surface area contributed by atoms with E-state index in [0.29, 0.717) is 33.5 Å². The van der Waals surface area contributed by atoms with E-state index < -0.39 is 0 Å². The number of benzene rings is 3. The van der Waals surface area contributed by atoms with Gasteiger partial charge in [-0.25, -0.2) is 4.98 Å². The Morgan fingerprint density at radius 1 is 0.968 bits per heavy atom. The molecule has 0 atom stereocenters. The number of hydrogen-bond acceptors (Lipinski definition) is 4. The Morgan fingerprint density at radius 3 is 2.48 bits per heavy atom. The number of fused-ring (bicyclic) bond motifs is 1. The summed E-state index contributed by atoms with van der Waals surface area (Å²) in [5.74, 6) is 0.578. The van der Waals surface area contributed by atoms with Crippen LogP contribution in [-0.4, -0.2) is 25.1 Å². The number of amides is 1. The molecule has 0 radical (unpaired) electrons. The Bertz CT molecular complexity index is 1290. The molecule has 7 heteroatoms. The van der Waals surface area contributed by atoms with E-state index in [1.54, 1.807) is 18.2 Å². The lowest BCUT2D eigenvalue weighted by Crippen LogP contribution is -2.14. The van der Waals surface area contributed by atoms with Gasteiger partial charge >= 0.3 is 0 Å². The first-order chi connectivity index (χ1) is 15.0. The maximum atomic E-state index is 13.4. The molecular weight excluding hydrogens is 480 g/mol. The van der Waals surface area contributed by atoms with Gasteiger partial charge in [-0.15, -0.1) is 0 Å². The number of carbonyl (C=O) groups is 1. The van der Waals surface area contributed by atoms with E-state index in [9.17, 15) is 4.79 Å². The van der Waals surface area contributed by atoms with Crippen LogP contribution in [0.1, 0.15) is 10.4 Å². The highest BCUT2D eigenvalue weighted by Gasteiger charge is 2.17. The first-order valence-electron chi connectivity index (χ1n) is 9.38. The van der Waals surface area contributed by atoms with Crippen LogP contribution >= 0.6 is 27.5 Å². The standard InChI is InChI=1S/C24H18BrClN2O3/c1-30-22-13-21(23(31-2)12-18(22)26)28-24(29)17-11-20(14-6-5-7-15(25)10-14)27-19-9-4-3-8-16(17)19/h3-13H,1-2H3,(H,28,29). The predicted octanol–water partition coefficient (Wildman–Crippen LogP) is 6.59. The van der Waals surface area contributed by atoms with Crippen LogP contribution in [0, 0.1) is 0 Å². The van der Waals surface area contributed by atoms with Crippen LogP contribution in [0.15, 0.2) is 71.2 Å². The van der Waals surface area contributed by atoms with Gasteiger partial charge in [-0.2, -0.15) is 0 Å². The Morgan fingerprint density at radius 2 is 1.74 bits per heavy atom. The molecule has 1 aromatic heterocycles. The third-order valence-corrected chi connectivity index (χ3v) is 5.59. The predicted molar refractivity (Wildman–Crippen MR) is 127 cm³/mol. The lowest BCUT2D eigenvalue weighted by Gasteiger charge is -2.14. The number of aromatic nitrogens is 1. The summed E-state index contributed by atoms with van der Waals surface area (Å²) in [6.45, 7) is 0. The Labute approximate surface area is 193 Å². The SMILES string of the molecule is COc1cc(NC(=O)c2cc(-c3cccc(Br)c3)nc3ccccc23)c(OC)cc1Cl. The second-order valence-corrected chi connectivity index (χ2v) is 8.05. The second kappa shape index (κ2) is 8.96. The van der Waals surface area contributed by atoms with Crippen molar-refractivity contribution in [1.29, 1.82) is 0 Å². The van der Waals surface area contributed by atoms with Crippen LogP contribution in [-0.2, 0) is 0 Å². The van der Waals surface area contributed by atoms with E-state index in [4.69, 9.17) is 26.1 Å². The molecule has 0 fully saturated rings. The largest absolute Gasteiger partial charge is 0.495 e. The molecule has 3 aromatic carbocycles. The summed E-state index contributed by atoms with van der Waals surface area (Å²) < 4.78 is 11.6. The van der Waals surface area contributed by atoms with Crippen molar-refractivity contribution in [2.75, 3.05) is 19.5 Å². The van der Waals surface area contributed by atoms with Crippen molar-refractivity contribution in [3.8, 4) is 22.8 Å². The molecule has 0 bridgehead atoms. The zero-order valence-electron chi connectivity index (χ0n) is 16.8. The molecule has 0 unspecified atom stereocenters. The summed E-state index contributed by atoms with van der Waals surface area (Å²) in [4.78, 5) is 18.1. The zero-order valence-corrected chi connectivity index (χ0v) is 19.1. The molecule has 1 heterocycles. The van der Waals surface area contributed by atoms with Crippen molar-refractivity contribution < 1.29 is 14.3 Å². The van der Waals surface area contributed by atoms with Crippen LogP contribution in [0.25, 0.3) is 22.2 Å². The minimum atomic E-state index is -0.294. The molecule has 1 amide bonds. The monoisotopic (exact) mass is 496 g/mol. The summed E-state index contributed by atoms with van der Waals surface area (Å²) in [6, 6.07) is 20.4. The van der Waals surface area contributed by atoms with Crippen molar-refractivity contribution in [2.24, 2.45) is 0 Å². The van der Waals surface area contributed by atoms with Crippen molar-refractivity contribution in [1.82, 2.24) is 4.98 Å². The Kier molecular flexibility index (Phi) is 6.11. The van der Waals surface area contributed by atoms with Gasteiger partial charge in [-0.05, 0) is 24.3 Å². The summed E-state index contributed by atoms with van der Waals surface area (Å²) in [5.41, 5.74) is 3.28. The van der Waals surface area contributed by atoms with E-state index in [2.05, 4.69) is 21.2 Å². The zero-order chi connectivity index (χ0) is 22.0. The molecule has 31 heavy (non-hydrogen) atoms. The average molecular weight is 498 g/mol. The fourth-order valence-corrected chi connectivity index (χ4v) is 3.94. The minimum absolute atomic E-state index is 0.294. The second-order valence-electron chi connectivity index (χ2n) is 6.72. The number of halogens is 2. The van der Waals surface area contributed by atoms with Gasteiger partial charge in [0.05, 0.1) is 41.7 Å². The number of methoxy groups -OCH3 is 2. The lowest BCUT2D eigenvalue weighted by atomic mass is 10.0. The first kappa shape index (κ1) is 21.2. The molecule has 0 saturated heterocycles. The maximum absolute atomic E-state index is 13.4. The number of anilines is 1. The highest BCUT2D eigenvalue weighted by Crippen LogP contribution is 2.36. The van der Waals surface area contributed by atoms with Crippen LogP contribution in [0.2, 0.25) is 5.02 Å². The van der Waals surface area contributed by atoms with E-state index in [1.165, 1.54) is 14.2 Å². The number of hydrogen-bond donors (Lipinski definition) is 1. The van der Waals surface area contributed by atoms with Gasteiger partial charge in [0.1, 0.15) is 11.5 Å². The van der Waals surface area contributed by atoms with E-state index in [1.807, 2.05) is 48.5 Å². The van der Waals surface area contributed by atoms with E-state index in [0.717, 1.165) is 20.9 Å². The molecule has 4 aromatic rings. The van der Waals surface area contributed by atoms with Gasteiger partial charge in [-0.1, -0.05) is 57.9 Å². The van der Waals surface area contributed by atoms with Crippen LogP contribution < -0.4 is 14.8 Å². The molecule has 0 aliphatic rings. The summed E-state index contributed by atoms with van der Waals surface area (Å²) in [5, 5.41) is 4.06. The summed E-state index contributed by atoms with van der Waals surface area (Å²) in [6.07, 6.45) is 0. The Balaban J connectivity index is 1.81. The van der Waals surface area contributed by atoms with Crippen LogP contribution in [0.4, 0.5) is 5.69 Å². The topological polar surface area (TPSA) is 60.5 Å². The van der Waals surface area contributed by atoms with E-state index in [-0.39, 0.29) is 5.91 Å².